The molecular formula is C21H20N2O2. The summed E-state index contributed by atoms with van der Waals surface area (Å²) in [5.41, 5.74) is 5.68. The van der Waals surface area contributed by atoms with Gasteiger partial charge in [0.1, 0.15) is 6.54 Å². The summed E-state index contributed by atoms with van der Waals surface area (Å²) in [5, 5.41) is 11.5. The highest BCUT2D eigenvalue weighted by Gasteiger charge is 2.12. The number of hydrogen-bond donors (Lipinski definition) is 1. The fraction of sp³-hybridized carbons (Fsp3) is 0.190. The molecule has 1 N–H and O–H groups in total. The van der Waals surface area contributed by atoms with Crippen LogP contribution in [0.3, 0.4) is 0 Å². The first-order chi connectivity index (χ1) is 12.0. The Balaban J connectivity index is 1.81. The second-order valence-corrected chi connectivity index (χ2v) is 6.70. The number of carbonyl (C=O) groups is 1. The van der Waals surface area contributed by atoms with Crippen LogP contribution < -0.4 is 0 Å². The molecule has 0 saturated carbocycles. The van der Waals surface area contributed by atoms with E-state index >= 15 is 0 Å². The summed E-state index contributed by atoms with van der Waals surface area (Å²) in [4.78, 5) is 11.2. The van der Waals surface area contributed by atoms with Crippen molar-refractivity contribution >= 4 is 27.8 Å². The van der Waals surface area contributed by atoms with Crippen LogP contribution in [0.15, 0.2) is 54.9 Å². The normalized spacial score (nSPS) is 11.4. The maximum absolute atomic E-state index is 11.2. The standard InChI is InChI=1S/C21H20N2O2/c1-14-4-6-19-16(9-14)7-8-22(19)11-17-12-23(13-21(24)25)20-10-15(2)3-5-18(17)20/h3-10,12H,11,13H2,1-2H3,(H,24,25). The molecule has 0 radical (unpaired) electrons. The predicted molar refractivity (Wildman–Crippen MR) is 100 cm³/mol. The summed E-state index contributed by atoms with van der Waals surface area (Å²) in [6, 6.07) is 14.8. The van der Waals surface area contributed by atoms with Crippen LogP contribution in [0, 0.1) is 13.8 Å². The van der Waals surface area contributed by atoms with E-state index in [1.807, 2.05) is 17.7 Å². The van der Waals surface area contributed by atoms with E-state index in [1.165, 1.54) is 16.5 Å². The molecule has 4 heteroatoms. The van der Waals surface area contributed by atoms with Gasteiger partial charge in [-0.05, 0) is 54.6 Å². The molecule has 0 unspecified atom stereocenters. The Morgan fingerprint density at radius 1 is 0.960 bits per heavy atom. The molecule has 0 spiro atoms. The van der Waals surface area contributed by atoms with Crippen LogP contribution >= 0.6 is 0 Å². The van der Waals surface area contributed by atoms with Crippen LogP contribution in [-0.2, 0) is 17.9 Å². The monoisotopic (exact) mass is 332 g/mol. The van der Waals surface area contributed by atoms with Crippen molar-refractivity contribution < 1.29 is 9.90 Å². The van der Waals surface area contributed by atoms with E-state index in [-0.39, 0.29) is 6.54 Å². The molecule has 2 aromatic heterocycles. The van der Waals surface area contributed by atoms with Gasteiger partial charge < -0.3 is 14.2 Å². The smallest absolute Gasteiger partial charge is 0.323 e. The number of hydrogen-bond acceptors (Lipinski definition) is 1. The number of aromatic nitrogens is 2. The molecule has 126 valence electrons. The van der Waals surface area contributed by atoms with Crippen molar-refractivity contribution in [2.75, 3.05) is 0 Å². The van der Waals surface area contributed by atoms with E-state index in [2.05, 4.69) is 60.2 Å². The average Bonchev–Trinajstić information content (AvgIpc) is 3.09. The van der Waals surface area contributed by atoms with E-state index in [1.54, 1.807) is 0 Å². The van der Waals surface area contributed by atoms with Crippen LogP contribution in [0.5, 0.6) is 0 Å². The van der Waals surface area contributed by atoms with Gasteiger partial charge in [0.2, 0.25) is 0 Å². The maximum atomic E-state index is 11.2. The molecule has 2 aromatic carbocycles. The topological polar surface area (TPSA) is 47.2 Å². The highest BCUT2D eigenvalue weighted by atomic mass is 16.4. The largest absolute Gasteiger partial charge is 0.480 e. The molecule has 4 rings (SSSR count). The first kappa shape index (κ1) is 15.5. The third-order valence-corrected chi connectivity index (χ3v) is 4.69. The summed E-state index contributed by atoms with van der Waals surface area (Å²) >= 11 is 0. The second-order valence-electron chi connectivity index (χ2n) is 6.70. The molecule has 0 aliphatic rings. The van der Waals surface area contributed by atoms with Crippen LogP contribution in [0.2, 0.25) is 0 Å². The summed E-state index contributed by atoms with van der Waals surface area (Å²) < 4.78 is 4.05. The van der Waals surface area contributed by atoms with Crippen LogP contribution in [-0.4, -0.2) is 20.2 Å². The van der Waals surface area contributed by atoms with Gasteiger partial charge in [-0.15, -0.1) is 0 Å². The Morgan fingerprint density at radius 2 is 1.72 bits per heavy atom. The van der Waals surface area contributed by atoms with E-state index in [9.17, 15) is 9.90 Å². The highest BCUT2D eigenvalue weighted by Crippen LogP contribution is 2.26. The van der Waals surface area contributed by atoms with Crippen molar-refractivity contribution in [1.29, 1.82) is 0 Å². The van der Waals surface area contributed by atoms with Gasteiger partial charge in [-0.3, -0.25) is 4.79 Å². The zero-order valence-electron chi connectivity index (χ0n) is 14.4. The predicted octanol–water partition coefficient (Wildman–Crippen LogP) is 4.35. The molecule has 25 heavy (non-hydrogen) atoms. The molecule has 0 fully saturated rings. The second kappa shape index (κ2) is 5.81. The minimum Gasteiger partial charge on any atom is -0.480 e. The van der Waals surface area contributed by atoms with Gasteiger partial charge in [0.15, 0.2) is 0 Å². The number of nitrogens with zero attached hydrogens (tertiary/aromatic N) is 2. The van der Waals surface area contributed by atoms with Gasteiger partial charge in [0.25, 0.3) is 0 Å². The fourth-order valence-corrected chi connectivity index (χ4v) is 3.52. The SMILES string of the molecule is Cc1ccc2c(ccn2Cc2cn(CC(=O)O)c3cc(C)ccc23)c1. The Morgan fingerprint density at radius 3 is 2.52 bits per heavy atom. The number of aliphatic carboxylic acids is 1. The lowest BCUT2D eigenvalue weighted by molar-refractivity contribution is -0.137. The van der Waals surface area contributed by atoms with Crippen molar-refractivity contribution in [3.8, 4) is 0 Å². The molecule has 0 aliphatic heterocycles. The molecule has 4 aromatic rings. The number of aryl methyl sites for hydroxylation is 2. The first-order valence-corrected chi connectivity index (χ1v) is 8.37. The van der Waals surface area contributed by atoms with Gasteiger partial charge in [0.05, 0.1) is 0 Å². The Hall–Kier alpha value is -3.01. The molecular weight excluding hydrogens is 312 g/mol. The molecule has 0 atom stereocenters. The molecule has 0 bridgehead atoms. The third-order valence-electron chi connectivity index (χ3n) is 4.69. The Bertz CT molecular complexity index is 1100. The minimum absolute atomic E-state index is 0.0222. The summed E-state index contributed by atoms with van der Waals surface area (Å²) in [6.45, 7) is 4.82. The van der Waals surface area contributed by atoms with Gasteiger partial charge in [-0.1, -0.05) is 23.8 Å². The van der Waals surface area contributed by atoms with Gasteiger partial charge in [0, 0.05) is 35.4 Å². The number of carboxylic acid groups (broad SMARTS) is 1. The summed E-state index contributed by atoms with van der Waals surface area (Å²) in [5.74, 6) is -0.827. The molecule has 2 heterocycles. The molecule has 0 saturated heterocycles. The lowest BCUT2D eigenvalue weighted by Gasteiger charge is -2.05. The zero-order chi connectivity index (χ0) is 17.6. The van der Waals surface area contributed by atoms with Crippen LogP contribution in [0.4, 0.5) is 0 Å². The van der Waals surface area contributed by atoms with Crippen molar-refractivity contribution in [1.82, 2.24) is 9.13 Å². The molecule has 0 aliphatic carbocycles. The van der Waals surface area contributed by atoms with E-state index in [4.69, 9.17) is 0 Å². The van der Waals surface area contributed by atoms with Gasteiger partial charge in [-0.25, -0.2) is 0 Å². The zero-order valence-corrected chi connectivity index (χ0v) is 14.4. The lowest BCUT2D eigenvalue weighted by atomic mass is 10.1. The summed E-state index contributed by atoms with van der Waals surface area (Å²) in [6.07, 6.45) is 4.07. The number of rotatable bonds is 4. The number of fused-ring (bicyclic) bond motifs is 2. The quantitative estimate of drug-likeness (QED) is 0.604. The van der Waals surface area contributed by atoms with Gasteiger partial charge in [-0.2, -0.15) is 0 Å². The Labute approximate surface area is 145 Å². The van der Waals surface area contributed by atoms with Crippen LogP contribution in [0.25, 0.3) is 21.8 Å². The fourth-order valence-electron chi connectivity index (χ4n) is 3.52. The van der Waals surface area contributed by atoms with Gasteiger partial charge >= 0.3 is 5.97 Å². The van der Waals surface area contributed by atoms with Crippen LogP contribution in [0.1, 0.15) is 16.7 Å². The van der Waals surface area contributed by atoms with E-state index in [0.29, 0.717) is 0 Å². The number of benzene rings is 2. The van der Waals surface area contributed by atoms with Crippen molar-refractivity contribution in [2.24, 2.45) is 0 Å². The summed E-state index contributed by atoms with van der Waals surface area (Å²) in [7, 11) is 0. The third kappa shape index (κ3) is 2.80. The maximum Gasteiger partial charge on any atom is 0.323 e. The van der Waals surface area contributed by atoms with Crippen molar-refractivity contribution in [3.05, 3.63) is 71.5 Å². The molecule has 0 amide bonds. The average molecular weight is 332 g/mol. The van der Waals surface area contributed by atoms with Crippen molar-refractivity contribution in [3.63, 3.8) is 0 Å². The van der Waals surface area contributed by atoms with E-state index < -0.39 is 5.97 Å². The number of carboxylic acids is 1. The lowest BCUT2D eigenvalue weighted by Crippen LogP contribution is -2.07. The van der Waals surface area contributed by atoms with E-state index in [0.717, 1.165) is 28.6 Å². The first-order valence-electron chi connectivity index (χ1n) is 8.37. The molecule has 4 nitrogen and oxygen atoms in total. The Kier molecular flexibility index (Phi) is 3.61. The highest BCUT2D eigenvalue weighted by molar-refractivity contribution is 5.86. The van der Waals surface area contributed by atoms with Crippen molar-refractivity contribution in [2.45, 2.75) is 26.9 Å². The minimum atomic E-state index is -0.827.